The van der Waals surface area contributed by atoms with Gasteiger partial charge < -0.3 is 29.2 Å². The summed E-state index contributed by atoms with van der Waals surface area (Å²) in [5.41, 5.74) is -2.06. The van der Waals surface area contributed by atoms with Crippen molar-refractivity contribution in [1.82, 2.24) is 0 Å². The van der Waals surface area contributed by atoms with Crippen molar-refractivity contribution in [2.75, 3.05) is 21.3 Å². The number of rotatable bonds is 6. The van der Waals surface area contributed by atoms with Crippen molar-refractivity contribution in [2.24, 2.45) is 0 Å². The third-order valence-corrected chi connectivity index (χ3v) is 3.92. The first-order valence-corrected chi connectivity index (χ1v) is 6.85. The first-order valence-electron chi connectivity index (χ1n) is 6.85. The number of hydrogen-bond acceptors (Lipinski definition) is 7. The molecule has 8 heteroatoms. The average molecular weight is 326 g/mol. The van der Waals surface area contributed by atoms with Crippen LogP contribution >= 0.6 is 0 Å². The minimum Gasteiger partial charge on any atom is -0.493 e. The number of fused-ring (bicyclic) bond motifs is 1. The van der Waals surface area contributed by atoms with Gasteiger partial charge in [0.2, 0.25) is 11.4 Å². The molecule has 126 valence electrons. The van der Waals surface area contributed by atoms with Crippen LogP contribution in [0.25, 0.3) is 0 Å². The maximum Gasteiger partial charge on any atom is 0.343 e. The van der Waals surface area contributed by atoms with E-state index in [1.54, 1.807) is 0 Å². The zero-order chi connectivity index (χ0) is 17.4. The lowest BCUT2D eigenvalue weighted by atomic mass is 9.87. The summed E-state index contributed by atoms with van der Waals surface area (Å²) in [6.07, 6.45) is -1.53. The van der Waals surface area contributed by atoms with E-state index in [-0.39, 0.29) is 34.8 Å². The number of ether oxygens (including phenoxy) is 4. The second kappa shape index (κ2) is 5.96. The predicted molar refractivity (Wildman–Crippen MR) is 77.1 cm³/mol. The van der Waals surface area contributed by atoms with E-state index in [0.29, 0.717) is 0 Å². The summed E-state index contributed by atoms with van der Waals surface area (Å²) in [7, 11) is 4.10. The second-order valence-corrected chi connectivity index (χ2v) is 4.98. The Balaban J connectivity index is 2.74. The predicted octanol–water partition coefficient (Wildman–Crippen LogP) is 1.15. The van der Waals surface area contributed by atoms with Crippen LogP contribution < -0.4 is 14.2 Å². The molecular weight excluding hydrogens is 308 g/mol. The summed E-state index contributed by atoms with van der Waals surface area (Å²) >= 11 is 0. The normalized spacial score (nSPS) is 18.7. The van der Waals surface area contributed by atoms with Gasteiger partial charge in [0.15, 0.2) is 17.6 Å². The molecule has 1 aromatic carbocycles. The van der Waals surface area contributed by atoms with Gasteiger partial charge in [0.1, 0.15) is 5.56 Å². The summed E-state index contributed by atoms with van der Waals surface area (Å²) < 4.78 is 20.7. The van der Waals surface area contributed by atoms with Crippen LogP contribution in [0.1, 0.15) is 35.4 Å². The molecule has 1 aliphatic rings. The molecule has 2 N–H and O–H groups in total. The number of esters is 1. The van der Waals surface area contributed by atoms with Gasteiger partial charge in [0.25, 0.3) is 0 Å². The fraction of sp³-hybridized carbons (Fsp3) is 0.467. The summed E-state index contributed by atoms with van der Waals surface area (Å²) in [6, 6.07) is 1.41. The van der Waals surface area contributed by atoms with Gasteiger partial charge in [-0.2, -0.15) is 0 Å². The minimum absolute atomic E-state index is 0.0169. The van der Waals surface area contributed by atoms with Crippen molar-refractivity contribution in [3.05, 3.63) is 17.2 Å². The van der Waals surface area contributed by atoms with Gasteiger partial charge in [-0.05, 0) is 12.5 Å². The molecule has 2 unspecified atom stereocenters. The Labute approximate surface area is 132 Å². The third kappa shape index (κ3) is 2.35. The van der Waals surface area contributed by atoms with Crippen molar-refractivity contribution in [3.63, 3.8) is 0 Å². The largest absolute Gasteiger partial charge is 0.493 e. The molecule has 0 saturated heterocycles. The molecule has 23 heavy (non-hydrogen) atoms. The van der Waals surface area contributed by atoms with E-state index < -0.39 is 23.6 Å². The molecular formula is C15H18O8. The second-order valence-electron chi connectivity index (χ2n) is 4.98. The number of hydrogen-bond donors (Lipinski definition) is 2. The van der Waals surface area contributed by atoms with Crippen LogP contribution in [0.4, 0.5) is 0 Å². The topological polar surface area (TPSA) is 112 Å². The number of carboxylic acids is 1. The molecule has 1 aromatic rings. The molecule has 1 aliphatic heterocycles. The molecule has 0 aliphatic carbocycles. The van der Waals surface area contributed by atoms with Crippen LogP contribution in [0.15, 0.2) is 6.07 Å². The van der Waals surface area contributed by atoms with Gasteiger partial charge >= 0.3 is 11.9 Å². The van der Waals surface area contributed by atoms with Gasteiger partial charge in [0, 0.05) is 5.56 Å². The van der Waals surface area contributed by atoms with Crippen LogP contribution in [-0.4, -0.2) is 49.1 Å². The molecule has 0 amide bonds. The minimum atomic E-state index is -2.26. The summed E-state index contributed by atoms with van der Waals surface area (Å²) in [4.78, 5) is 23.7. The maximum absolute atomic E-state index is 12.2. The average Bonchev–Trinajstić information content (AvgIpc) is 2.88. The summed E-state index contributed by atoms with van der Waals surface area (Å²) in [5, 5.41) is 19.8. The number of methoxy groups -OCH3 is 3. The fourth-order valence-electron chi connectivity index (χ4n) is 2.63. The lowest BCUT2D eigenvalue weighted by Gasteiger charge is -2.28. The quantitative estimate of drug-likeness (QED) is 0.749. The maximum atomic E-state index is 12.2. The van der Waals surface area contributed by atoms with Crippen LogP contribution in [0.2, 0.25) is 0 Å². The molecule has 2 rings (SSSR count). The molecule has 0 aromatic heterocycles. The molecule has 0 fully saturated rings. The molecule has 0 spiro atoms. The van der Waals surface area contributed by atoms with Gasteiger partial charge in [-0.25, -0.2) is 9.59 Å². The van der Waals surface area contributed by atoms with Crippen LogP contribution in [0, 0.1) is 0 Å². The molecule has 1 heterocycles. The van der Waals surface area contributed by atoms with E-state index in [2.05, 4.69) is 0 Å². The van der Waals surface area contributed by atoms with Crippen molar-refractivity contribution in [2.45, 2.75) is 25.0 Å². The van der Waals surface area contributed by atoms with E-state index in [0.717, 1.165) is 0 Å². The number of aliphatic hydroxyl groups is 1. The first kappa shape index (κ1) is 16.9. The Bertz CT molecular complexity index is 653. The van der Waals surface area contributed by atoms with E-state index in [9.17, 15) is 19.8 Å². The molecule has 0 radical (unpaired) electrons. The number of carboxylic acid groups (broad SMARTS) is 1. The SMILES string of the molecule is CCC(O)(C(=O)O)C1OC(=O)c2c1cc(OC)c(OC)c2OC. The Kier molecular flexibility index (Phi) is 4.37. The first-order chi connectivity index (χ1) is 10.8. The van der Waals surface area contributed by atoms with E-state index in [4.69, 9.17) is 18.9 Å². The van der Waals surface area contributed by atoms with Gasteiger partial charge in [0.05, 0.1) is 21.3 Å². The Hall–Kier alpha value is -2.48. The molecule has 8 nitrogen and oxygen atoms in total. The monoisotopic (exact) mass is 326 g/mol. The van der Waals surface area contributed by atoms with E-state index >= 15 is 0 Å². The Morgan fingerprint density at radius 2 is 1.87 bits per heavy atom. The number of cyclic esters (lactones) is 1. The van der Waals surface area contributed by atoms with Crippen molar-refractivity contribution in [3.8, 4) is 17.2 Å². The van der Waals surface area contributed by atoms with Gasteiger partial charge in [-0.3, -0.25) is 0 Å². The van der Waals surface area contributed by atoms with Gasteiger partial charge in [-0.1, -0.05) is 6.92 Å². The highest BCUT2D eigenvalue weighted by Crippen LogP contribution is 2.50. The standard InChI is InChI=1S/C15H18O8/c1-5-15(19,14(17)18)12-7-6-8(20-2)10(21-3)11(22-4)9(7)13(16)23-12/h6,12,19H,5H2,1-4H3,(H,17,18). The highest BCUT2D eigenvalue weighted by molar-refractivity contribution is 6.00. The molecule has 0 bridgehead atoms. The zero-order valence-corrected chi connectivity index (χ0v) is 13.2. The number of aliphatic carboxylic acids is 1. The lowest BCUT2D eigenvalue weighted by Crippen LogP contribution is -2.44. The Morgan fingerprint density at radius 3 is 2.30 bits per heavy atom. The van der Waals surface area contributed by atoms with Gasteiger partial charge in [-0.15, -0.1) is 0 Å². The molecule has 2 atom stereocenters. The van der Waals surface area contributed by atoms with E-state index in [1.165, 1.54) is 34.3 Å². The highest BCUT2D eigenvalue weighted by Gasteiger charge is 2.52. The Morgan fingerprint density at radius 1 is 1.26 bits per heavy atom. The van der Waals surface area contributed by atoms with Crippen LogP contribution in [0.5, 0.6) is 17.2 Å². The number of carbonyl (C=O) groups is 2. The smallest absolute Gasteiger partial charge is 0.343 e. The van der Waals surface area contributed by atoms with Crippen molar-refractivity contribution >= 4 is 11.9 Å². The van der Waals surface area contributed by atoms with Crippen molar-refractivity contribution in [1.29, 1.82) is 0 Å². The fourth-order valence-corrected chi connectivity index (χ4v) is 2.63. The summed E-state index contributed by atoms with van der Waals surface area (Å²) in [5.74, 6) is -1.80. The van der Waals surface area contributed by atoms with Crippen LogP contribution in [-0.2, 0) is 9.53 Å². The van der Waals surface area contributed by atoms with E-state index in [1.807, 2.05) is 0 Å². The molecule has 0 saturated carbocycles. The van der Waals surface area contributed by atoms with Crippen molar-refractivity contribution < 1.29 is 38.7 Å². The lowest BCUT2D eigenvalue weighted by molar-refractivity contribution is -0.172. The third-order valence-electron chi connectivity index (χ3n) is 3.92. The zero-order valence-electron chi connectivity index (χ0n) is 13.2. The number of benzene rings is 1. The summed E-state index contributed by atoms with van der Waals surface area (Å²) in [6.45, 7) is 1.48. The van der Waals surface area contributed by atoms with Crippen LogP contribution in [0.3, 0.4) is 0 Å². The number of carbonyl (C=O) groups excluding carboxylic acids is 1. The highest BCUT2D eigenvalue weighted by atomic mass is 16.6.